The van der Waals surface area contributed by atoms with Gasteiger partial charge in [0.25, 0.3) is 0 Å². The average Bonchev–Trinajstić information content (AvgIpc) is 3.33. The van der Waals surface area contributed by atoms with Crippen LogP contribution < -0.4 is 4.74 Å². The Bertz CT molecular complexity index is 1110. The number of hydrogen-bond acceptors (Lipinski definition) is 5. The lowest BCUT2D eigenvalue weighted by Crippen LogP contribution is -1.96. The first-order valence-corrected chi connectivity index (χ1v) is 8.43. The predicted octanol–water partition coefficient (Wildman–Crippen LogP) is 4.49. The molecule has 0 aliphatic carbocycles. The molecule has 0 spiro atoms. The van der Waals surface area contributed by atoms with Crippen molar-refractivity contribution < 1.29 is 9.15 Å². The largest absolute Gasteiger partial charge is 0.489 e. The summed E-state index contributed by atoms with van der Waals surface area (Å²) in [6.07, 6.45) is 0. The Kier molecular flexibility index (Phi) is 4.42. The summed E-state index contributed by atoms with van der Waals surface area (Å²) in [6, 6.07) is 21.4. The monoisotopic (exact) mass is 356 g/mol. The standard InChI is InChI=1S/C21H16N4O2/c1-14-10-17(21(27-14)15-6-3-2-4-7-15)13-26-18-9-5-8-16(11-18)20-19(12-22)23-25-24-20/h2-11H,13H2,1H3,(H,23,24,25). The molecule has 132 valence electrons. The Balaban J connectivity index is 1.57. The van der Waals surface area contributed by atoms with E-state index in [1.807, 2.05) is 73.7 Å². The normalized spacial score (nSPS) is 10.5. The minimum Gasteiger partial charge on any atom is -0.489 e. The number of aryl methyl sites for hydroxylation is 1. The molecule has 6 nitrogen and oxygen atoms in total. The lowest BCUT2D eigenvalue weighted by Gasteiger charge is -2.08. The van der Waals surface area contributed by atoms with Gasteiger partial charge in [0.2, 0.25) is 0 Å². The molecule has 4 rings (SSSR count). The van der Waals surface area contributed by atoms with Crippen LogP contribution in [0.2, 0.25) is 0 Å². The van der Waals surface area contributed by atoms with Crippen molar-refractivity contribution in [2.75, 3.05) is 0 Å². The second-order valence-electron chi connectivity index (χ2n) is 6.03. The van der Waals surface area contributed by atoms with Crippen molar-refractivity contribution in [1.82, 2.24) is 15.4 Å². The van der Waals surface area contributed by atoms with Crippen LogP contribution >= 0.6 is 0 Å². The lowest BCUT2D eigenvalue weighted by atomic mass is 10.1. The van der Waals surface area contributed by atoms with Crippen LogP contribution in [0.15, 0.2) is 65.1 Å². The quantitative estimate of drug-likeness (QED) is 0.569. The molecule has 0 aliphatic heterocycles. The second-order valence-corrected chi connectivity index (χ2v) is 6.03. The Morgan fingerprint density at radius 2 is 1.85 bits per heavy atom. The van der Waals surface area contributed by atoms with Crippen molar-refractivity contribution in [3.63, 3.8) is 0 Å². The molecule has 0 atom stereocenters. The van der Waals surface area contributed by atoms with Crippen molar-refractivity contribution in [1.29, 1.82) is 5.26 Å². The highest BCUT2D eigenvalue weighted by Gasteiger charge is 2.13. The van der Waals surface area contributed by atoms with Gasteiger partial charge in [0.05, 0.1) is 0 Å². The van der Waals surface area contributed by atoms with Gasteiger partial charge in [-0.15, -0.1) is 5.10 Å². The number of aromatic nitrogens is 3. The molecule has 0 unspecified atom stereocenters. The molecule has 1 N–H and O–H groups in total. The number of H-pyrrole nitrogens is 1. The molecule has 6 heteroatoms. The highest BCUT2D eigenvalue weighted by atomic mass is 16.5. The van der Waals surface area contributed by atoms with Crippen LogP contribution in [0.5, 0.6) is 5.75 Å². The molecular formula is C21H16N4O2. The summed E-state index contributed by atoms with van der Waals surface area (Å²) in [6.45, 7) is 2.29. The SMILES string of the molecule is Cc1cc(COc2cccc(-c3n[nH]nc3C#N)c2)c(-c2ccccc2)o1. The van der Waals surface area contributed by atoms with E-state index in [1.54, 1.807) is 0 Å². The number of furan rings is 1. The third-order valence-corrected chi connectivity index (χ3v) is 4.12. The van der Waals surface area contributed by atoms with E-state index in [0.29, 0.717) is 18.1 Å². The van der Waals surface area contributed by atoms with E-state index in [2.05, 4.69) is 15.4 Å². The summed E-state index contributed by atoms with van der Waals surface area (Å²) >= 11 is 0. The molecule has 2 aromatic heterocycles. The maximum atomic E-state index is 9.12. The fraction of sp³-hybridized carbons (Fsp3) is 0.0952. The molecule has 0 bridgehead atoms. The van der Waals surface area contributed by atoms with Gasteiger partial charge in [-0.1, -0.05) is 42.5 Å². The number of nitriles is 1. The van der Waals surface area contributed by atoms with E-state index >= 15 is 0 Å². The van der Waals surface area contributed by atoms with Crippen LogP contribution in [0.25, 0.3) is 22.6 Å². The van der Waals surface area contributed by atoms with E-state index in [0.717, 1.165) is 28.2 Å². The third kappa shape index (κ3) is 3.44. The molecule has 0 aliphatic rings. The van der Waals surface area contributed by atoms with Crippen molar-refractivity contribution in [2.24, 2.45) is 0 Å². The number of hydrogen-bond donors (Lipinski definition) is 1. The van der Waals surface area contributed by atoms with Crippen LogP contribution in [0.1, 0.15) is 17.0 Å². The van der Waals surface area contributed by atoms with Crippen LogP contribution in [0, 0.1) is 18.3 Å². The first kappa shape index (κ1) is 16.6. The maximum Gasteiger partial charge on any atom is 0.190 e. The zero-order valence-electron chi connectivity index (χ0n) is 14.6. The summed E-state index contributed by atoms with van der Waals surface area (Å²) in [7, 11) is 0. The number of aromatic amines is 1. The average molecular weight is 356 g/mol. The van der Waals surface area contributed by atoms with Gasteiger partial charge in [-0.3, -0.25) is 0 Å². The van der Waals surface area contributed by atoms with E-state index < -0.39 is 0 Å². The molecule has 0 saturated carbocycles. The minimum absolute atomic E-state index is 0.254. The molecule has 0 fully saturated rings. The smallest absolute Gasteiger partial charge is 0.190 e. The van der Waals surface area contributed by atoms with Crippen LogP contribution in [-0.2, 0) is 6.61 Å². The van der Waals surface area contributed by atoms with Gasteiger partial charge in [0.15, 0.2) is 5.69 Å². The fourth-order valence-corrected chi connectivity index (χ4v) is 2.91. The van der Waals surface area contributed by atoms with Gasteiger partial charge >= 0.3 is 0 Å². The van der Waals surface area contributed by atoms with Crippen molar-refractivity contribution >= 4 is 0 Å². The van der Waals surface area contributed by atoms with Crippen molar-refractivity contribution in [3.05, 3.63) is 77.7 Å². The topological polar surface area (TPSA) is 87.7 Å². The summed E-state index contributed by atoms with van der Waals surface area (Å²) in [5, 5.41) is 19.5. The highest BCUT2D eigenvalue weighted by Crippen LogP contribution is 2.29. The van der Waals surface area contributed by atoms with E-state index in [9.17, 15) is 0 Å². The molecule has 27 heavy (non-hydrogen) atoms. The zero-order valence-corrected chi connectivity index (χ0v) is 14.6. The highest BCUT2D eigenvalue weighted by molar-refractivity contribution is 5.65. The fourth-order valence-electron chi connectivity index (χ4n) is 2.91. The molecule has 0 amide bonds. The summed E-state index contributed by atoms with van der Waals surface area (Å²) < 4.78 is 11.8. The number of nitrogens with zero attached hydrogens (tertiary/aromatic N) is 3. The maximum absolute atomic E-state index is 9.12. The van der Waals surface area contributed by atoms with E-state index in [1.165, 1.54) is 0 Å². The van der Waals surface area contributed by atoms with E-state index in [4.69, 9.17) is 14.4 Å². The van der Waals surface area contributed by atoms with Crippen LogP contribution in [0.4, 0.5) is 0 Å². The Hall–Kier alpha value is -3.85. The minimum atomic E-state index is 0.254. The summed E-state index contributed by atoms with van der Waals surface area (Å²) in [5.41, 5.74) is 3.52. The predicted molar refractivity (Wildman–Crippen MR) is 99.7 cm³/mol. The van der Waals surface area contributed by atoms with Crippen molar-refractivity contribution in [3.8, 4) is 34.4 Å². The molecule has 4 aromatic rings. The molecule has 0 saturated heterocycles. The summed E-state index contributed by atoms with van der Waals surface area (Å²) in [4.78, 5) is 0. The first-order chi connectivity index (χ1) is 13.2. The van der Waals surface area contributed by atoms with E-state index in [-0.39, 0.29) is 5.69 Å². The Morgan fingerprint density at radius 3 is 2.67 bits per heavy atom. The van der Waals surface area contributed by atoms with Crippen LogP contribution in [-0.4, -0.2) is 15.4 Å². The molecule has 0 radical (unpaired) electrons. The van der Waals surface area contributed by atoms with Gasteiger partial charge in [0, 0.05) is 16.7 Å². The van der Waals surface area contributed by atoms with Gasteiger partial charge in [-0.25, -0.2) is 0 Å². The number of nitrogens with one attached hydrogen (secondary N) is 1. The Labute approximate surface area is 156 Å². The van der Waals surface area contributed by atoms with Crippen molar-refractivity contribution in [2.45, 2.75) is 13.5 Å². The van der Waals surface area contributed by atoms with Gasteiger partial charge in [0.1, 0.15) is 35.6 Å². The van der Waals surface area contributed by atoms with Gasteiger partial charge in [-0.2, -0.15) is 15.6 Å². The van der Waals surface area contributed by atoms with Crippen LogP contribution in [0.3, 0.4) is 0 Å². The lowest BCUT2D eigenvalue weighted by molar-refractivity contribution is 0.306. The second kappa shape index (κ2) is 7.18. The zero-order chi connectivity index (χ0) is 18.6. The molecule has 2 heterocycles. The first-order valence-electron chi connectivity index (χ1n) is 8.43. The Morgan fingerprint density at radius 1 is 1.04 bits per heavy atom. The number of benzene rings is 2. The number of rotatable bonds is 5. The summed E-state index contributed by atoms with van der Waals surface area (Å²) in [5.74, 6) is 2.33. The number of ether oxygens (including phenoxy) is 1. The molecular weight excluding hydrogens is 340 g/mol. The molecule has 2 aromatic carbocycles. The van der Waals surface area contributed by atoms with Gasteiger partial charge in [-0.05, 0) is 25.1 Å². The van der Waals surface area contributed by atoms with Gasteiger partial charge < -0.3 is 9.15 Å². The third-order valence-electron chi connectivity index (χ3n) is 4.12.